The smallest absolute Gasteiger partial charge is 0.269 e. The van der Waals surface area contributed by atoms with Crippen LogP contribution in [0.2, 0.25) is 0 Å². The van der Waals surface area contributed by atoms with Crippen molar-refractivity contribution in [2.75, 3.05) is 24.5 Å². The largest absolute Gasteiger partial charge is 0.497 e. The SMILES string of the molecule is CCCCNC(=O)C(Cc1ccccc1)N(Cc1cccc(OC)c1)C(=O)CN(c1ccc([N+](=O)[O-])cc1)S(=O)(=O)c1ccccc1. The van der Waals surface area contributed by atoms with Crippen molar-refractivity contribution in [1.29, 1.82) is 0 Å². The molecule has 1 atom stereocenters. The molecule has 0 saturated heterocycles. The van der Waals surface area contributed by atoms with E-state index in [0.717, 1.165) is 22.7 Å². The normalized spacial score (nSPS) is 11.7. The first-order valence-electron chi connectivity index (χ1n) is 15.2. The number of non-ortho nitro benzene ring substituents is 1. The summed E-state index contributed by atoms with van der Waals surface area (Å²) in [5, 5.41) is 14.3. The van der Waals surface area contributed by atoms with Gasteiger partial charge in [-0.1, -0.05) is 74.0 Å². The van der Waals surface area contributed by atoms with Crippen molar-refractivity contribution >= 4 is 33.2 Å². The first-order valence-corrected chi connectivity index (χ1v) is 16.6. The second-order valence-electron chi connectivity index (χ2n) is 10.8. The van der Waals surface area contributed by atoms with Crippen LogP contribution in [-0.4, -0.2) is 56.3 Å². The molecule has 0 aliphatic rings. The molecule has 0 aliphatic carbocycles. The van der Waals surface area contributed by atoms with Crippen molar-refractivity contribution in [3.8, 4) is 5.75 Å². The van der Waals surface area contributed by atoms with Crippen LogP contribution in [0.1, 0.15) is 30.9 Å². The fraction of sp³-hybridized carbons (Fsp3) is 0.257. The number of rotatable bonds is 16. The fourth-order valence-electron chi connectivity index (χ4n) is 5.02. The molecule has 4 aromatic carbocycles. The van der Waals surface area contributed by atoms with Crippen molar-refractivity contribution in [3.63, 3.8) is 0 Å². The van der Waals surface area contributed by atoms with Gasteiger partial charge in [0.1, 0.15) is 18.3 Å². The molecule has 0 radical (unpaired) electrons. The van der Waals surface area contributed by atoms with Crippen LogP contribution >= 0.6 is 0 Å². The molecule has 4 aromatic rings. The first kappa shape index (κ1) is 34.6. The van der Waals surface area contributed by atoms with Crippen molar-refractivity contribution in [2.45, 2.75) is 43.7 Å². The zero-order valence-electron chi connectivity index (χ0n) is 26.3. The molecule has 0 bridgehead atoms. The van der Waals surface area contributed by atoms with E-state index in [9.17, 15) is 28.1 Å². The van der Waals surface area contributed by atoms with Crippen molar-refractivity contribution in [1.82, 2.24) is 10.2 Å². The van der Waals surface area contributed by atoms with E-state index in [1.807, 2.05) is 37.3 Å². The molecule has 0 aromatic heterocycles. The quantitative estimate of drug-likeness (QED) is 0.0972. The number of nitro benzene ring substituents is 1. The molecule has 1 N–H and O–H groups in total. The zero-order valence-corrected chi connectivity index (χ0v) is 27.1. The Balaban J connectivity index is 1.80. The number of hydrogen-bond donors (Lipinski definition) is 1. The van der Waals surface area contributed by atoms with Gasteiger partial charge in [0.25, 0.3) is 15.7 Å². The highest BCUT2D eigenvalue weighted by atomic mass is 32.2. The van der Waals surface area contributed by atoms with E-state index >= 15 is 0 Å². The van der Waals surface area contributed by atoms with Crippen LogP contribution in [0, 0.1) is 10.1 Å². The summed E-state index contributed by atoms with van der Waals surface area (Å²) < 4.78 is 34.4. The number of nitrogens with zero attached hydrogens (tertiary/aromatic N) is 3. The number of ether oxygens (including phenoxy) is 1. The number of nitro groups is 1. The highest BCUT2D eigenvalue weighted by molar-refractivity contribution is 7.92. The van der Waals surface area contributed by atoms with Gasteiger partial charge in [-0.2, -0.15) is 0 Å². The van der Waals surface area contributed by atoms with Gasteiger partial charge in [-0.15, -0.1) is 0 Å². The second kappa shape index (κ2) is 16.4. The summed E-state index contributed by atoms with van der Waals surface area (Å²) in [7, 11) is -2.80. The number of benzene rings is 4. The van der Waals surface area contributed by atoms with E-state index in [-0.39, 0.29) is 35.1 Å². The van der Waals surface area contributed by atoms with Gasteiger partial charge in [0.05, 0.1) is 22.6 Å². The van der Waals surface area contributed by atoms with Gasteiger partial charge >= 0.3 is 0 Å². The van der Waals surface area contributed by atoms with Crippen molar-refractivity contribution in [3.05, 3.63) is 130 Å². The number of nitrogens with one attached hydrogen (secondary N) is 1. The monoisotopic (exact) mass is 658 g/mol. The van der Waals surface area contributed by atoms with Crippen LogP contribution < -0.4 is 14.4 Å². The Labute approximate surface area is 275 Å². The van der Waals surface area contributed by atoms with Crippen LogP contribution in [0.15, 0.2) is 114 Å². The summed E-state index contributed by atoms with van der Waals surface area (Å²) in [4.78, 5) is 40.4. The summed E-state index contributed by atoms with van der Waals surface area (Å²) in [6.45, 7) is 1.73. The molecule has 0 aliphatic heterocycles. The van der Waals surface area contributed by atoms with Gasteiger partial charge in [-0.05, 0) is 53.9 Å². The van der Waals surface area contributed by atoms with E-state index in [1.165, 1.54) is 48.4 Å². The summed E-state index contributed by atoms with van der Waals surface area (Å²) in [5.74, 6) is -0.454. The average Bonchev–Trinajstić information content (AvgIpc) is 3.09. The van der Waals surface area contributed by atoms with Gasteiger partial charge in [-0.3, -0.25) is 24.0 Å². The standard InChI is InChI=1S/C35H38N4O7S/c1-3-4-22-36-35(41)33(24-27-12-7-5-8-13-27)37(25-28-14-11-15-31(23-28)46-2)34(40)26-38(29-18-20-30(21-19-29)39(42)43)47(44,45)32-16-9-6-10-17-32/h5-21,23,33H,3-4,22,24-26H2,1-2H3,(H,36,41). The lowest BCUT2D eigenvalue weighted by Gasteiger charge is -2.34. The van der Waals surface area contributed by atoms with Gasteiger partial charge in [0.2, 0.25) is 11.8 Å². The maximum atomic E-state index is 14.5. The summed E-state index contributed by atoms with van der Waals surface area (Å²) in [6, 6.07) is 27.9. The molecule has 2 amide bonds. The number of carbonyl (C=O) groups is 2. The lowest BCUT2D eigenvalue weighted by Crippen LogP contribution is -2.53. The van der Waals surface area contributed by atoms with Crippen LogP contribution in [-0.2, 0) is 32.6 Å². The zero-order chi connectivity index (χ0) is 33.8. The highest BCUT2D eigenvalue weighted by Crippen LogP contribution is 2.27. The lowest BCUT2D eigenvalue weighted by atomic mass is 10.0. The van der Waals surface area contributed by atoms with Crippen molar-refractivity contribution < 1.29 is 27.7 Å². The topological polar surface area (TPSA) is 139 Å². The maximum absolute atomic E-state index is 14.5. The Morgan fingerprint density at radius 2 is 1.53 bits per heavy atom. The molecule has 47 heavy (non-hydrogen) atoms. The third-order valence-corrected chi connectivity index (χ3v) is 9.33. The van der Waals surface area contributed by atoms with E-state index in [4.69, 9.17) is 4.74 Å². The van der Waals surface area contributed by atoms with Gasteiger partial charge in [0.15, 0.2) is 0 Å². The molecule has 11 nitrogen and oxygen atoms in total. The van der Waals surface area contributed by atoms with Crippen LogP contribution in [0.5, 0.6) is 5.75 Å². The molecule has 1 unspecified atom stereocenters. The molecule has 4 rings (SSSR count). The number of unbranched alkanes of at least 4 members (excludes halogenated alkanes) is 1. The summed E-state index contributed by atoms with van der Waals surface area (Å²) >= 11 is 0. The van der Waals surface area contributed by atoms with Crippen molar-refractivity contribution in [2.24, 2.45) is 0 Å². The van der Waals surface area contributed by atoms with Gasteiger partial charge < -0.3 is 15.0 Å². The van der Waals surface area contributed by atoms with E-state index < -0.39 is 33.4 Å². The Morgan fingerprint density at radius 3 is 2.15 bits per heavy atom. The molecule has 246 valence electrons. The lowest BCUT2D eigenvalue weighted by molar-refractivity contribution is -0.384. The van der Waals surface area contributed by atoms with Crippen LogP contribution in [0.25, 0.3) is 0 Å². The highest BCUT2D eigenvalue weighted by Gasteiger charge is 2.34. The van der Waals surface area contributed by atoms with Crippen LogP contribution in [0.4, 0.5) is 11.4 Å². The fourth-order valence-corrected chi connectivity index (χ4v) is 6.45. The number of methoxy groups -OCH3 is 1. The molecule has 0 fully saturated rings. The number of hydrogen-bond acceptors (Lipinski definition) is 7. The second-order valence-corrected chi connectivity index (χ2v) is 12.7. The minimum absolute atomic E-state index is 0.0196. The molecule has 0 saturated carbocycles. The number of sulfonamides is 1. The Morgan fingerprint density at radius 1 is 0.894 bits per heavy atom. The third kappa shape index (κ3) is 9.17. The number of carbonyl (C=O) groups excluding carboxylic acids is 2. The average molecular weight is 659 g/mol. The molecule has 12 heteroatoms. The Kier molecular flexibility index (Phi) is 12.1. The predicted molar refractivity (Wildman–Crippen MR) is 179 cm³/mol. The predicted octanol–water partition coefficient (Wildman–Crippen LogP) is 5.36. The van der Waals surface area contributed by atoms with Gasteiger partial charge in [-0.25, -0.2) is 8.42 Å². The summed E-state index contributed by atoms with van der Waals surface area (Å²) in [6.07, 6.45) is 1.78. The maximum Gasteiger partial charge on any atom is 0.269 e. The summed E-state index contributed by atoms with van der Waals surface area (Å²) in [5.41, 5.74) is 1.31. The number of amides is 2. The first-order chi connectivity index (χ1) is 22.6. The van der Waals surface area contributed by atoms with Crippen LogP contribution in [0.3, 0.4) is 0 Å². The van der Waals surface area contributed by atoms with Gasteiger partial charge in [0, 0.05) is 31.6 Å². The van der Waals surface area contributed by atoms with E-state index in [0.29, 0.717) is 17.9 Å². The molecular weight excluding hydrogens is 620 g/mol. The number of anilines is 1. The Bertz CT molecular complexity index is 1750. The van der Waals surface area contributed by atoms with E-state index in [2.05, 4.69) is 5.32 Å². The minimum Gasteiger partial charge on any atom is -0.497 e. The molecule has 0 heterocycles. The Hall–Kier alpha value is -5.23. The molecular formula is C35H38N4O7S. The third-order valence-electron chi connectivity index (χ3n) is 7.55. The molecule has 0 spiro atoms. The van der Waals surface area contributed by atoms with E-state index in [1.54, 1.807) is 42.5 Å². The minimum atomic E-state index is -4.33.